The zero-order valence-corrected chi connectivity index (χ0v) is 13.1. The summed E-state index contributed by atoms with van der Waals surface area (Å²) in [5.74, 6) is 1.44. The van der Waals surface area contributed by atoms with Crippen LogP contribution in [0.4, 0.5) is 0 Å². The van der Waals surface area contributed by atoms with Crippen LogP contribution >= 0.6 is 0 Å². The lowest BCUT2D eigenvalue weighted by atomic mass is 10.1. The van der Waals surface area contributed by atoms with Crippen molar-refractivity contribution in [2.75, 3.05) is 14.2 Å². The van der Waals surface area contributed by atoms with E-state index in [-0.39, 0.29) is 6.04 Å². The van der Waals surface area contributed by atoms with Gasteiger partial charge in [0.05, 0.1) is 25.9 Å². The molecular formula is C18H20N2O2. The molecule has 4 heteroatoms. The van der Waals surface area contributed by atoms with Gasteiger partial charge in [-0.25, -0.2) is 0 Å². The minimum atomic E-state index is 0.158. The third-order valence-corrected chi connectivity index (χ3v) is 3.58. The number of benzene rings is 2. The number of ether oxygens (including phenoxy) is 2. The van der Waals surface area contributed by atoms with Crippen molar-refractivity contribution in [3.8, 4) is 17.6 Å². The molecule has 4 nitrogen and oxygen atoms in total. The maximum Gasteiger partial charge on any atom is 0.161 e. The molecule has 0 heterocycles. The predicted octanol–water partition coefficient (Wildman–Crippen LogP) is 3.43. The molecule has 22 heavy (non-hydrogen) atoms. The fourth-order valence-corrected chi connectivity index (χ4v) is 2.26. The first kappa shape index (κ1) is 15.9. The van der Waals surface area contributed by atoms with E-state index in [0.29, 0.717) is 12.1 Å². The highest BCUT2D eigenvalue weighted by Crippen LogP contribution is 2.29. The molecule has 2 aromatic rings. The Bertz CT molecular complexity index is 677. The second-order valence-electron chi connectivity index (χ2n) is 5.03. The van der Waals surface area contributed by atoms with Crippen molar-refractivity contribution in [3.05, 3.63) is 59.2 Å². The largest absolute Gasteiger partial charge is 0.493 e. The third kappa shape index (κ3) is 3.78. The third-order valence-electron chi connectivity index (χ3n) is 3.58. The van der Waals surface area contributed by atoms with E-state index in [0.717, 1.165) is 22.6 Å². The molecule has 2 rings (SSSR count). The Morgan fingerprint density at radius 1 is 1.09 bits per heavy atom. The van der Waals surface area contributed by atoms with Gasteiger partial charge in [0.2, 0.25) is 0 Å². The first-order valence-corrected chi connectivity index (χ1v) is 7.12. The lowest BCUT2D eigenvalue weighted by Crippen LogP contribution is -2.18. The van der Waals surface area contributed by atoms with E-state index in [1.54, 1.807) is 20.3 Å². The lowest BCUT2D eigenvalue weighted by Gasteiger charge is -2.16. The maximum atomic E-state index is 8.93. The van der Waals surface area contributed by atoms with Gasteiger partial charge in [-0.2, -0.15) is 5.26 Å². The Balaban J connectivity index is 2.05. The monoisotopic (exact) mass is 296 g/mol. The van der Waals surface area contributed by atoms with Crippen molar-refractivity contribution in [3.63, 3.8) is 0 Å². The molecule has 0 aromatic heterocycles. The van der Waals surface area contributed by atoms with E-state index < -0.39 is 0 Å². The second-order valence-corrected chi connectivity index (χ2v) is 5.03. The van der Waals surface area contributed by atoms with E-state index >= 15 is 0 Å². The number of hydrogen-bond donors (Lipinski definition) is 1. The number of hydrogen-bond acceptors (Lipinski definition) is 4. The Hall–Kier alpha value is -2.51. The van der Waals surface area contributed by atoms with E-state index in [1.807, 2.05) is 36.4 Å². The molecule has 0 radical (unpaired) electrons. The van der Waals surface area contributed by atoms with Gasteiger partial charge in [-0.15, -0.1) is 0 Å². The smallest absolute Gasteiger partial charge is 0.161 e. The van der Waals surface area contributed by atoms with Gasteiger partial charge in [0.15, 0.2) is 11.5 Å². The zero-order valence-electron chi connectivity index (χ0n) is 13.1. The van der Waals surface area contributed by atoms with Gasteiger partial charge in [-0.05, 0) is 42.3 Å². The quantitative estimate of drug-likeness (QED) is 0.887. The van der Waals surface area contributed by atoms with Crippen LogP contribution in [0.15, 0.2) is 42.5 Å². The van der Waals surface area contributed by atoms with Crippen molar-refractivity contribution in [1.82, 2.24) is 5.32 Å². The summed E-state index contributed by atoms with van der Waals surface area (Å²) in [6.45, 7) is 2.79. The van der Waals surface area contributed by atoms with E-state index in [2.05, 4.69) is 18.3 Å². The van der Waals surface area contributed by atoms with Crippen LogP contribution in [0.3, 0.4) is 0 Å². The molecule has 0 amide bonds. The Labute approximate surface area is 131 Å². The highest BCUT2D eigenvalue weighted by Gasteiger charge is 2.10. The van der Waals surface area contributed by atoms with E-state index in [9.17, 15) is 0 Å². The van der Waals surface area contributed by atoms with Crippen molar-refractivity contribution in [2.24, 2.45) is 0 Å². The molecule has 0 saturated carbocycles. The summed E-state index contributed by atoms with van der Waals surface area (Å²) in [5.41, 5.74) is 2.89. The first-order chi connectivity index (χ1) is 10.7. The van der Waals surface area contributed by atoms with Crippen LogP contribution in [0.5, 0.6) is 11.5 Å². The van der Waals surface area contributed by atoms with Crippen LogP contribution in [-0.2, 0) is 6.54 Å². The Morgan fingerprint density at radius 3 is 2.55 bits per heavy atom. The van der Waals surface area contributed by atoms with Gasteiger partial charge in [-0.3, -0.25) is 0 Å². The molecule has 1 atom stereocenters. The van der Waals surface area contributed by atoms with Gasteiger partial charge in [0.25, 0.3) is 0 Å². The summed E-state index contributed by atoms with van der Waals surface area (Å²) in [6.07, 6.45) is 0. The molecule has 114 valence electrons. The van der Waals surface area contributed by atoms with Gasteiger partial charge in [0.1, 0.15) is 0 Å². The molecule has 0 aliphatic rings. The Morgan fingerprint density at radius 2 is 1.86 bits per heavy atom. The molecule has 0 spiro atoms. The molecule has 2 aromatic carbocycles. The lowest BCUT2D eigenvalue weighted by molar-refractivity contribution is 0.354. The van der Waals surface area contributed by atoms with Gasteiger partial charge >= 0.3 is 0 Å². The summed E-state index contributed by atoms with van der Waals surface area (Å²) < 4.78 is 10.6. The van der Waals surface area contributed by atoms with Crippen LogP contribution in [-0.4, -0.2) is 14.2 Å². The summed E-state index contributed by atoms with van der Waals surface area (Å²) in [6, 6.07) is 15.8. The zero-order chi connectivity index (χ0) is 15.9. The van der Waals surface area contributed by atoms with Crippen LogP contribution in [0.1, 0.15) is 29.7 Å². The molecule has 0 saturated heterocycles. The highest BCUT2D eigenvalue weighted by atomic mass is 16.5. The predicted molar refractivity (Wildman–Crippen MR) is 86.0 cm³/mol. The van der Waals surface area contributed by atoms with Crippen molar-refractivity contribution in [2.45, 2.75) is 19.5 Å². The van der Waals surface area contributed by atoms with Crippen molar-refractivity contribution < 1.29 is 9.47 Å². The first-order valence-electron chi connectivity index (χ1n) is 7.12. The molecule has 0 fully saturated rings. The average Bonchev–Trinajstić information content (AvgIpc) is 2.59. The fourth-order valence-electron chi connectivity index (χ4n) is 2.26. The van der Waals surface area contributed by atoms with Crippen LogP contribution in [0.2, 0.25) is 0 Å². The number of rotatable bonds is 6. The van der Waals surface area contributed by atoms with Crippen molar-refractivity contribution in [1.29, 1.82) is 5.26 Å². The molecule has 1 N–H and O–H groups in total. The number of nitriles is 1. The molecular weight excluding hydrogens is 276 g/mol. The number of methoxy groups -OCH3 is 2. The fraction of sp³-hybridized carbons (Fsp3) is 0.278. The second kappa shape index (κ2) is 7.48. The topological polar surface area (TPSA) is 54.3 Å². The minimum Gasteiger partial charge on any atom is -0.493 e. The van der Waals surface area contributed by atoms with Crippen LogP contribution < -0.4 is 14.8 Å². The van der Waals surface area contributed by atoms with Gasteiger partial charge in [-0.1, -0.05) is 18.2 Å². The molecule has 0 aliphatic carbocycles. The minimum absolute atomic E-state index is 0.158. The Kier molecular flexibility index (Phi) is 5.40. The molecule has 0 unspecified atom stereocenters. The van der Waals surface area contributed by atoms with Crippen LogP contribution in [0, 0.1) is 11.3 Å². The highest BCUT2D eigenvalue weighted by molar-refractivity contribution is 5.43. The SMILES string of the molecule is COc1ccc([C@H](C)NCc2cccc(C#N)c2)cc1OC. The number of nitrogens with zero attached hydrogens (tertiary/aromatic N) is 1. The van der Waals surface area contributed by atoms with Gasteiger partial charge < -0.3 is 14.8 Å². The summed E-state index contributed by atoms with van der Waals surface area (Å²) in [4.78, 5) is 0. The van der Waals surface area contributed by atoms with E-state index in [1.165, 1.54) is 0 Å². The standard InChI is InChI=1S/C18H20N2O2/c1-13(16-7-8-17(21-2)18(10-16)22-3)20-12-15-6-4-5-14(9-15)11-19/h4-10,13,20H,12H2,1-3H3/t13-/m0/s1. The van der Waals surface area contributed by atoms with Gasteiger partial charge in [0, 0.05) is 12.6 Å². The molecule has 0 aliphatic heterocycles. The normalized spacial score (nSPS) is 11.5. The summed E-state index contributed by atoms with van der Waals surface area (Å²) in [7, 11) is 3.26. The molecule has 0 bridgehead atoms. The summed E-state index contributed by atoms with van der Waals surface area (Å²) >= 11 is 0. The summed E-state index contributed by atoms with van der Waals surface area (Å²) in [5, 5.41) is 12.4. The van der Waals surface area contributed by atoms with Crippen LogP contribution in [0.25, 0.3) is 0 Å². The average molecular weight is 296 g/mol. The van der Waals surface area contributed by atoms with E-state index in [4.69, 9.17) is 14.7 Å². The maximum absolute atomic E-state index is 8.93. The van der Waals surface area contributed by atoms with Crippen molar-refractivity contribution >= 4 is 0 Å². The number of nitrogens with one attached hydrogen (secondary N) is 1.